The zero-order chi connectivity index (χ0) is 14.8. The third-order valence-electron chi connectivity index (χ3n) is 4.32. The van der Waals surface area contributed by atoms with E-state index in [9.17, 15) is 0 Å². The highest BCUT2D eigenvalue weighted by Gasteiger charge is 2.25. The van der Waals surface area contributed by atoms with Gasteiger partial charge in [0.15, 0.2) is 0 Å². The summed E-state index contributed by atoms with van der Waals surface area (Å²) in [5, 5.41) is 0. The van der Waals surface area contributed by atoms with Crippen molar-refractivity contribution in [2.75, 3.05) is 25.5 Å². The van der Waals surface area contributed by atoms with E-state index in [-0.39, 0.29) is 6.04 Å². The summed E-state index contributed by atoms with van der Waals surface area (Å²) in [5.41, 5.74) is 11.5. The molecule has 0 saturated carbocycles. The molecule has 1 aliphatic heterocycles. The van der Waals surface area contributed by atoms with Crippen molar-refractivity contribution in [1.82, 2.24) is 4.90 Å². The molecule has 0 saturated heterocycles. The Labute approximate surface area is 127 Å². The lowest BCUT2D eigenvalue weighted by Crippen LogP contribution is -2.29. The van der Waals surface area contributed by atoms with Gasteiger partial charge in [0.1, 0.15) is 0 Å². The average molecular weight is 281 g/mol. The average Bonchev–Trinajstić information content (AvgIpc) is 2.92. The fourth-order valence-corrected chi connectivity index (χ4v) is 3.07. The fraction of sp³-hybridized carbons (Fsp3) is 0.333. The number of anilines is 1. The maximum absolute atomic E-state index is 6.07. The topological polar surface area (TPSA) is 32.5 Å². The molecule has 2 N–H and O–H groups in total. The van der Waals surface area contributed by atoms with E-state index in [0.29, 0.717) is 6.54 Å². The molecule has 1 heterocycles. The molecule has 110 valence electrons. The van der Waals surface area contributed by atoms with Crippen LogP contribution in [0.3, 0.4) is 0 Å². The summed E-state index contributed by atoms with van der Waals surface area (Å²) in [6, 6.07) is 17.7. The molecular formula is C18H23N3. The zero-order valence-electron chi connectivity index (χ0n) is 12.8. The molecule has 0 aromatic heterocycles. The van der Waals surface area contributed by atoms with Crippen molar-refractivity contribution in [3.05, 3.63) is 65.2 Å². The normalized spacial score (nSPS) is 15.8. The van der Waals surface area contributed by atoms with Crippen molar-refractivity contribution in [3.8, 4) is 0 Å². The van der Waals surface area contributed by atoms with Gasteiger partial charge in [0.05, 0.1) is 0 Å². The smallest absolute Gasteiger partial charge is 0.0477 e. The minimum atomic E-state index is 0.286. The van der Waals surface area contributed by atoms with Crippen molar-refractivity contribution in [1.29, 1.82) is 0 Å². The van der Waals surface area contributed by atoms with E-state index >= 15 is 0 Å². The molecule has 2 aromatic rings. The van der Waals surface area contributed by atoms with Crippen LogP contribution in [0.1, 0.15) is 22.7 Å². The highest BCUT2D eigenvalue weighted by molar-refractivity contribution is 5.46. The Morgan fingerprint density at radius 3 is 2.05 bits per heavy atom. The maximum atomic E-state index is 6.07. The van der Waals surface area contributed by atoms with Crippen LogP contribution in [-0.2, 0) is 13.1 Å². The van der Waals surface area contributed by atoms with E-state index < -0.39 is 0 Å². The Morgan fingerprint density at radius 2 is 1.57 bits per heavy atom. The maximum Gasteiger partial charge on any atom is 0.0477 e. The number of fused-ring (bicyclic) bond motifs is 1. The van der Waals surface area contributed by atoms with Crippen LogP contribution in [0.25, 0.3) is 0 Å². The first-order valence-electron chi connectivity index (χ1n) is 7.47. The molecule has 2 aromatic carbocycles. The highest BCUT2D eigenvalue weighted by Crippen LogP contribution is 2.31. The van der Waals surface area contributed by atoms with E-state index in [1.54, 1.807) is 0 Å². The summed E-state index contributed by atoms with van der Waals surface area (Å²) in [6.45, 7) is 2.64. The van der Waals surface area contributed by atoms with Crippen LogP contribution in [0, 0.1) is 0 Å². The van der Waals surface area contributed by atoms with Gasteiger partial charge in [-0.05, 0) is 28.8 Å². The molecule has 0 aliphatic carbocycles. The summed E-state index contributed by atoms with van der Waals surface area (Å²) >= 11 is 0. The summed E-state index contributed by atoms with van der Waals surface area (Å²) in [7, 11) is 4.12. The predicted molar refractivity (Wildman–Crippen MR) is 88.3 cm³/mol. The number of nitrogens with two attached hydrogens (primary N) is 1. The second-order valence-electron chi connectivity index (χ2n) is 5.91. The van der Waals surface area contributed by atoms with Crippen LogP contribution in [-0.4, -0.2) is 25.5 Å². The second kappa shape index (κ2) is 5.88. The molecule has 1 aliphatic rings. The molecule has 21 heavy (non-hydrogen) atoms. The number of benzene rings is 2. The van der Waals surface area contributed by atoms with Crippen molar-refractivity contribution >= 4 is 5.69 Å². The van der Waals surface area contributed by atoms with Crippen LogP contribution in [0.2, 0.25) is 0 Å². The van der Waals surface area contributed by atoms with Crippen LogP contribution >= 0.6 is 0 Å². The zero-order valence-corrected chi connectivity index (χ0v) is 12.8. The van der Waals surface area contributed by atoms with Crippen LogP contribution in [0.15, 0.2) is 48.5 Å². The van der Waals surface area contributed by atoms with Crippen LogP contribution < -0.4 is 10.6 Å². The lowest BCUT2D eigenvalue weighted by molar-refractivity contribution is 0.205. The molecule has 0 amide bonds. The molecule has 0 radical (unpaired) electrons. The van der Waals surface area contributed by atoms with Gasteiger partial charge in [-0.3, -0.25) is 4.90 Å². The van der Waals surface area contributed by atoms with Gasteiger partial charge in [-0.25, -0.2) is 0 Å². The van der Waals surface area contributed by atoms with E-state index in [4.69, 9.17) is 5.73 Å². The first-order chi connectivity index (χ1) is 10.2. The monoisotopic (exact) mass is 281 g/mol. The number of nitrogens with zero attached hydrogens (tertiary/aromatic N) is 2. The molecule has 1 unspecified atom stereocenters. The van der Waals surface area contributed by atoms with Gasteiger partial charge in [0, 0.05) is 45.5 Å². The molecule has 0 bridgehead atoms. The lowest BCUT2D eigenvalue weighted by atomic mass is 10.0. The lowest BCUT2D eigenvalue weighted by Gasteiger charge is -2.27. The van der Waals surface area contributed by atoms with Gasteiger partial charge in [0.2, 0.25) is 0 Å². The first-order valence-corrected chi connectivity index (χ1v) is 7.47. The van der Waals surface area contributed by atoms with Crippen molar-refractivity contribution < 1.29 is 0 Å². The third kappa shape index (κ3) is 2.80. The number of hydrogen-bond acceptors (Lipinski definition) is 3. The van der Waals surface area contributed by atoms with Crippen molar-refractivity contribution in [2.24, 2.45) is 5.73 Å². The van der Waals surface area contributed by atoms with Crippen LogP contribution in [0.5, 0.6) is 0 Å². The van der Waals surface area contributed by atoms with Crippen LogP contribution in [0.4, 0.5) is 5.69 Å². The van der Waals surface area contributed by atoms with Crippen molar-refractivity contribution in [2.45, 2.75) is 19.1 Å². The molecule has 1 atom stereocenters. The van der Waals surface area contributed by atoms with E-state index in [2.05, 4.69) is 72.4 Å². The van der Waals surface area contributed by atoms with Gasteiger partial charge in [0.25, 0.3) is 0 Å². The van der Waals surface area contributed by atoms with E-state index in [1.807, 2.05) is 0 Å². The summed E-state index contributed by atoms with van der Waals surface area (Å²) in [5.74, 6) is 0. The molecule has 3 nitrogen and oxygen atoms in total. The molecule has 0 spiro atoms. The number of hydrogen-bond donors (Lipinski definition) is 1. The molecular weight excluding hydrogens is 258 g/mol. The summed E-state index contributed by atoms with van der Waals surface area (Å²) in [6.07, 6.45) is 0. The van der Waals surface area contributed by atoms with Crippen molar-refractivity contribution in [3.63, 3.8) is 0 Å². The predicted octanol–water partition coefficient (Wildman–Crippen LogP) is 2.77. The van der Waals surface area contributed by atoms with Gasteiger partial charge < -0.3 is 10.6 Å². The van der Waals surface area contributed by atoms with Gasteiger partial charge in [-0.15, -0.1) is 0 Å². The number of rotatable bonds is 4. The van der Waals surface area contributed by atoms with E-state index in [1.165, 1.54) is 22.4 Å². The Bertz CT molecular complexity index is 579. The third-order valence-corrected chi connectivity index (χ3v) is 4.32. The highest BCUT2D eigenvalue weighted by atomic mass is 15.2. The van der Waals surface area contributed by atoms with Gasteiger partial charge in [-0.1, -0.05) is 36.4 Å². The molecule has 0 fully saturated rings. The quantitative estimate of drug-likeness (QED) is 0.935. The summed E-state index contributed by atoms with van der Waals surface area (Å²) < 4.78 is 0. The SMILES string of the molecule is CN(C)c1ccc(C(CN)N2Cc3ccccc3C2)cc1. The first kappa shape index (κ1) is 14.1. The molecule has 3 heteroatoms. The minimum Gasteiger partial charge on any atom is -0.378 e. The van der Waals surface area contributed by atoms with Gasteiger partial charge in [-0.2, -0.15) is 0 Å². The Morgan fingerprint density at radius 1 is 1.00 bits per heavy atom. The Hall–Kier alpha value is -1.84. The molecule has 3 rings (SSSR count). The minimum absolute atomic E-state index is 0.286. The standard InChI is InChI=1S/C18H23N3/c1-20(2)17-9-7-14(8-10-17)18(11-19)21-12-15-5-3-4-6-16(15)13-21/h3-10,18H,11-13,19H2,1-2H3. The van der Waals surface area contributed by atoms with E-state index in [0.717, 1.165) is 13.1 Å². The largest absolute Gasteiger partial charge is 0.378 e. The second-order valence-corrected chi connectivity index (χ2v) is 5.91. The Kier molecular flexibility index (Phi) is 3.95. The van der Waals surface area contributed by atoms with Gasteiger partial charge >= 0.3 is 0 Å². The summed E-state index contributed by atoms with van der Waals surface area (Å²) in [4.78, 5) is 4.59. The fourth-order valence-electron chi connectivity index (χ4n) is 3.07. The Balaban J connectivity index is 1.80.